The van der Waals surface area contributed by atoms with E-state index in [4.69, 9.17) is 4.74 Å². The SMILES string of the molecule is CCOc1ccccc1N(C(=O)C(C)C)C1C=CS(=O)(=O)C1. The third-order valence-corrected chi connectivity index (χ3v) is 4.78. The number of para-hydroxylation sites is 2. The summed E-state index contributed by atoms with van der Waals surface area (Å²) in [5.74, 6) is 0.119. The van der Waals surface area contributed by atoms with Crippen molar-refractivity contribution in [1.29, 1.82) is 0 Å². The van der Waals surface area contributed by atoms with Crippen LogP contribution >= 0.6 is 0 Å². The topological polar surface area (TPSA) is 63.7 Å². The first kappa shape index (κ1) is 16.5. The number of anilines is 1. The summed E-state index contributed by atoms with van der Waals surface area (Å²) in [5, 5.41) is 1.18. The molecule has 1 amide bonds. The van der Waals surface area contributed by atoms with Gasteiger partial charge in [-0.2, -0.15) is 0 Å². The van der Waals surface area contributed by atoms with Gasteiger partial charge in [-0.1, -0.05) is 26.0 Å². The smallest absolute Gasteiger partial charge is 0.230 e. The molecule has 0 spiro atoms. The van der Waals surface area contributed by atoms with Crippen LogP contribution in [0.25, 0.3) is 0 Å². The molecule has 120 valence electrons. The average Bonchev–Trinajstić information content (AvgIpc) is 2.81. The molecule has 1 aromatic carbocycles. The van der Waals surface area contributed by atoms with Gasteiger partial charge in [-0.3, -0.25) is 4.79 Å². The maximum atomic E-state index is 12.6. The van der Waals surface area contributed by atoms with Crippen LogP contribution in [0.5, 0.6) is 5.75 Å². The molecule has 2 rings (SSSR count). The van der Waals surface area contributed by atoms with E-state index in [9.17, 15) is 13.2 Å². The number of hydrogen-bond donors (Lipinski definition) is 0. The van der Waals surface area contributed by atoms with Gasteiger partial charge in [0, 0.05) is 11.3 Å². The molecule has 0 saturated carbocycles. The highest BCUT2D eigenvalue weighted by atomic mass is 32.2. The molecule has 1 unspecified atom stereocenters. The zero-order chi connectivity index (χ0) is 16.3. The number of ether oxygens (including phenoxy) is 1. The van der Waals surface area contributed by atoms with Crippen LogP contribution in [0.15, 0.2) is 35.7 Å². The molecule has 0 saturated heterocycles. The van der Waals surface area contributed by atoms with Crippen molar-refractivity contribution in [2.24, 2.45) is 5.92 Å². The minimum Gasteiger partial charge on any atom is -0.492 e. The van der Waals surface area contributed by atoms with Crippen molar-refractivity contribution in [3.05, 3.63) is 35.7 Å². The second-order valence-electron chi connectivity index (χ2n) is 5.49. The van der Waals surface area contributed by atoms with Gasteiger partial charge < -0.3 is 9.64 Å². The van der Waals surface area contributed by atoms with Crippen molar-refractivity contribution in [1.82, 2.24) is 0 Å². The standard InChI is InChI=1S/C16H21NO4S/c1-4-21-15-8-6-5-7-14(15)17(16(18)12(2)3)13-9-10-22(19,20)11-13/h5-10,12-13H,4,11H2,1-3H3. The number of carbonyl (C=O) groups excluding carboxylic acids is 1. The molecule has 1 aromatic rings. The van der Waals surface area contributed by atoms with Gasteiger partial charge in [-0.15, -0.1) is 0 Å². The van der Waals surface area contributed by atoms with Gasteiger partial charge in [0.15, 0.2) is 9.84 Å². The van der Waals surface area contributed by atoms with Gasteiger partial charge in [0.2, 0.25) is 5.91 Å². The number of carbonyl (C=O) groups is 1. The van der Waals surface area contributed by atoms with Crippen LogP contribution in [0.1, 0.15) is 20.8 Å². The summed E-state index contributed by atoms with van der Waals surface area (Å²) < 4.78 is 29.0. The third-order valence-electron chi connectivity index (χ3n) is 3.40. The zero-order valence-corrected chi connectivity index (χ0v) is 13.8. The Morgan fingerprint density at radius 1 is 1.36 bits per heavy atom. The lowest BCUT2D eigenvalue weighted by molar-refractivity contribution is -0.121. The van der Waals surface area contributed by atoms with Crippen molar-refractivity contribution >= 4 is 21.4 Å². The largest absolute Gasteiger partial charge is 0.492 e. The van der Waals surface area contributed by atoms with Gasteiger partial charge in [-0.05, 0) is 25.1 Å². The summed E-state index contributed by atoms with van der Waals surface area (Å²) in [7, 11) is -3.25. The minimum atomic E-state index is -3.25. The molecule has 6 heteroatoms. The predicted octanol–water partition coefficient (Wildman–Crippen LogP) is 2.39. The average molecular weight is 323 g/mol. The molecule has 22 heavy (non-hydrogen) atoms. The van der Waals surface area contributed by atoms with Crippen molar-refractivity contribution in [2.45, 2.75) is 26.8 Å². The monoisotopic (exact) mass is 323 g/mol. The first-order chi connectivity index (χ1) is 10.4. The fourth-order valence-electron chi connectivity index (χ4n) is 2.39. The van der Waals surface area contributed by atoms with E-state index < -0.39 is 15.9 Å². The summed E-state index contributed by atoms with van der Waals surface area (Å²) in [6.45, 7) is 5.93. The summed E-state index contributed by atoms with van der Waals surface area (Å²) >= 11 is 0. The Labute approximate surface area is 131 Å². The fraction of sp³-hybridized carbons (Fsp3) is 0.438. The molecular formula is C16H21NO4S. The second kappa shape index (κ2) is 6.52. The molecule has 1 atom stereocenters. The Kier molecular flexibility index (Phi) is 4.90. The van der Waals surface area contributed by atoms with Crippen molar-refractivity contribution in [3.8, 4) is 5.75 Å². The number of rotatable bonds is 5. The molecule has 0 aliphatic carbocycles. The van der Waals surface area contributed by atoms with Gasteiger partial charge in [0.25, 0.3) is 0 Å². The lowest BCUT2D eigenvalue weighted by Gasteiger charge is -2.30. The maximum Gasteiger partial charge on any atom is 0.230 e. The van der Waals surface area contributed by atoms with Crippen molar-refractivity contribution < 1.29 is 17.9 Å². The molecule has 0 bridgehead atoms. The number of benzene rings is 1. The van der Waals surface area contributed by atoms with Gasteiger partial charge in [0.1, 0.15) is 5.75 Å². The quantitative estimate of drug-likeness (QED) is 0.834. The van der Waals surface area contributed by atoms with E-state index in [0.717, 1.165) is 0 Å². The molecule has 0 N–H and O–H groups in total. The predicted molar refractivity (Wildman–Crippen MR) is 86.6 cm³/mol. The highest BCUT2D eigenvalue weighted by molar-refractivity contribution is 7.94. The van der Waals surface area contributed by atoms with E-state index in [1.165, 1.54) is 10.3 Å². The van der Waals surface area contributed by atoms with Gasteiger partial charge >= 0.3 is 0 Å². The van der Waals surface area contributed by atoms with Crippen LogP contribution in [0.2, 0.25) is 0 Å². The third kappa shape index (κ3) is 3.50. The molecule has 0 aromatic heterocycles. The fourth-order valence-corrected chi connectivity index (χ4v) is 3.66. The minimum absolute atomic E-state index is 0.0913. The highest BCUT2D eigenvalue weighted by Crippen LogP contribution is 2.32. The molecule has 0 radical (unpaired) electrons. The van der Waals surface area contributed by atoms with E-state index in [0.29, 0.717) is 18.0 Å². The Bertz CT molecular complexity index is 679. The van der Waals surface area contributed by atoms with E-state index >= 15 is 0 Å². The Hall–Kier alpha value is -1.82. The number of nitrogens with zero attached hydrogens (tertiary/aromatic N) is 1. The molecule has 1 heterocycles. The van der Waals surface area contributed by atoms with E-state index in [-0.39, 0.29) is 17.6 Å². The molecule has 0 fully saturated rings. The summed E-state index contributed by atoms with van der Waals surface area (Å²) in [4.78, 5) is 14.2. The van der Waals surface area contributed by atoms with Crippen LogP contribution in [0.4, 0.5) is 5.69 Å². The maximum absolute atomic E-state index is 12.6. The summed E-state index contributed by atoms with van der Waals surface area (Å²) in [6, 6.07) is 6.71. The first-order valence-electron chi connectivity index (χ1n) is 7.31. The summed E-state index contributed by atoms with van der Waals surface area (Å²) in [5.41, 5.74) is 0.606. The first-order valence-corrected chi connectivity index (χ1v) is 9.03. The zero-order valence-electron chi connectivity index (χ0n) is 13.0. The van der Waals surface area contributed by atoms with Crippen LogP contribution in [0.3, 0.4) is 0 Å². The molecule has 5 nitrogen and oxygen atoms in total. The summed E-state index contributed by atoms with van der Waals surface area (Å²) in [6.07, 6.45) is 1.57. The number of sulfone groups is 1. The van der Waals surface area contributed by atoms with Crippen LogP contribution in [-0.2, 0) is 14.6 Å². The molecule has 1 aliphatic rings. The highest BCUT2D eigenvalue weighted by Gasteiger charge is 2.33. The van der Waals surface area contributed by atoms with Gasteiger partial charge in [0.05, 0.1) is 24.1 Å². The van der Waals surface area contributed by atoms with E-state index in [2.05, 4.69) is 0 Å². The van der Waals surface area contributed by atoms with E-state index in [1.54, 1.807) is 32.1 Å². The van der Waals surface area contributed by atoms with Gasteiger partial charge in [-0.25, -0.2) is 8.42 Å². The second-order valence-corrected chi connectivity index (χ2v) is 7.42. The van der Waals surface area contributed by atoms with Crippen molar-refractivity contribution in [3.63, 3.8) is 0 Å². The van der Waals surface area contributed by atoms with E-state index in [1.807, 2.05) is 19.1 Å². The molecule has 1 aliphatic heterocycles. The lowest BCUT2D eigenvalue weighted by atomic mass is 10.1. The molecular weight excluding hydrogens is 302 g/mol. The Morgan fingerprint density at radius 3 is 2.59 bits per heavy atom. The normalized spacial score (nSPS) is 19.4. The van der Waals surface area contributed by atoms with Crippen LogP contribution in [0, 0.1) is 5.92 Å². The van der Waals surface area contributed by atoms with Crippen LogP contribution < -0.4 is 9.64 Å². The van der Waals surface area contributed by atoms with Crippen LogP contribution in [-0.4, -0.2) is 32.7 Å². The Balaban J connectivity index is 2.46. The van der Waals surface area contributed by atoms with Crippen molar-refractivity contribution in [2.75, 3.05) is 17.3 Å². The number of amides is 1. The lowest BCUT2D eigenvalue weighted by Crippen LogP contribution is -2.43. The Morgan fingerprint density at radius 2 is 2.05 bits per heavy atom. The number of hydrogen-bond acceptors (Lipinski definition) is 4.